The molecule has 1 aromatic heterocycles. The minimum absolute atomic E-state index is 0. The van der Waals surface area contributed by atoms with Crippen molar-refractivity contribution in [3.05, 3.63) is 35.7 Å². The molecule has 27 heavy (non-hydrogen) atoms. The number of aryl methyl sites for hydroxylation is 1. The van der Waals surface area contributed by atoms with Crippen LogP contribution in [0.2, 0.25) is 0 Å². The van der Waals surface area contributed by atoms with E-state index < -0.39 is 0 Å². The Morgan fingerprint density at radius 3 is 2.56 bits per heavy atom. The first-order valence-electron chi connectivity index (χ1n) is 9.44. The topological polar surface area (TPSA) is 71.3 Å². The molecule has 3 rings (SSSR count). The third-order valence-corrected chi connectivity index (χ3v) is 5.11. The average molecular weight is 393 g/mol. The summed E-state index contributed by atoms with van der Waals surface area (Å²) in [5.74, 6) is 1.72. The first-order valence-corrected chi connectivity index (χ1v) is 9.44. The molecule has 0 atom stereocenters. The summed E-state index contributed by atoms with van der Waals surface area (Å²) in [5, 5.41) is 7.38. The number of halogens is 1. The van der Waals surface area contributed by atoms with E-state index in [1.54, 1.807) is 0 Å². The normalized spacial score (nSPS) is 14.8. The standard InChI is InChI=1S/C20H28N4O2.ClH/c1-14(2)15-4-6-16(7-5-15)20-22-18(26-23-20)8-9-19(25)24(3)17-10-12-21-13-11-17;/h4-7,14,17,21H,8-13H2,1-3H3;1H. The van der Waals surface area contributed by atoms with Gasteiger partial charge < -0.3 is 14.7 Å². The molecule has 0 saturated carbocycles. The van der Waals surface area contributed by atoms with E-state index in [1.165, 1.54) is 5.56 Å². The summed E-state index contributed by atoms with van der Waals surface area (Å²) in [7, 11) is 1.90. The van der Waals surface area contributed by atoms with E-state index in [4.69, 9.17) is 4.52 Å². The van der Waals surface area contributed by atoms with Crippen LogP contribution in [0.15, 0.2) is 28.8 Å². The number of carbonyl (C=O) groups is 1. The molecule has 1 saturated heterocycles. The lowest BCUT2D eigenvalue weighted by molar-refractivity contribution is -0.132. The second kappa shape index (κ2) is 9.85. The summed E-state index contributed by atoms with van der Waals surface area (Å²) in [4.78, 5) is 18.7. The van der Waals surface area contributed by atoms with Gasteiger partial charge >= 0.3 is 0 Å². The number of hydrogen-bond donors (Lipinski definition) is 1. The highest BCUT2D eigenvalue weighted by molar-refractivity contribution is 5.85. The highest BCUT2D eigenvalue weighted by Crippen LogP contribution is 2.21. The molecule has 1 aromatic carbocycles. The molecule has 2 aromatic rings. The van der Waals surface area contributed by atoms with Crippen molar-refractivity contribution in [1.82, 2.24) is 20.4 Å². The van der Waals surface area contributed by atoms with Crippen LogP contribution >= 0.6 is 12.4 Å². The Kier molecular flexibility index (Phi) is 7.80. The molecule has 0 spiro atoms. The van der Waals surface area contributed by atoms with Crippen molar-refractivity contribution < 1.29 is 9.32 Å². The van der Waals surface area contributed by atoms with Gasteiger partial charge in [-0.15, -0.1) is 12.4 Å². The fourth-order valence-electron chi connectivity index (χ4n) is 3.28. The number of rotatable bonds is 6. The van der Waals surface area contributed by atoms with Gasteiger partial charge in [0.25, 0.3) is 0 Å². The zero-order valence-corrected chi connectivity index (χ0v) is 17.1. The van der Waals surface area contributed by atoms with Crippen LogP contribution < -0.4 is 5.32 Å². The van der Waals surface area contributed by atoms with Crippen molar-refractivity contribution in [2.45, 2.75) is 51.5 Å². The molecular weight excluding hydrogens is 364 g/mol. The van der Waals surface area contributed by atoms with Crippen LogP contribution in [-0.4, -0.2) is 47.1 Å². The predicted molar refractivity (Wildman–Crippen MR) is 108 cm³/mol. The number of piperidine rings is 1. The van der Waals surface area contributed by atoms with Crippen molar-refractivity contribution in [3.63, 3.8) is 0 Å². The van der Waals surface area contributed by atoms with Crippen molar-refractivity contribution >= 4 is 18.3 Å². The number of nitrogens with one attached hydrogen (secondary N) is 1. The van der Waals surface area contributed by atoms with Crippen molar-refractivity contribution in [1.29, 1.82) is 0 Å². The van der Waals surface area contributed by atoms with Gasteiger partial charge in [0.15, 0.2) is 0 Å². The zero-order valence-electron chi connectivity index (χ0n) is 16.3. The van der Waals surface area contributed by atoms with E-state index in [9.17, 15) is 4.79 Å². The summed E-state index contributed by atoms with van der Waals surface area (Å²) in [6, 6.07) is 8.54. The highest BCUT2D eigenvalue weighted by Gasteiger charge is 2.22. The van der Waals surface area contributed by atoms with E-state index in [-0.39, 0.29) is 18.3 Å². The molecule has 6 nitrogen and oxygen atoms in total. The number of benzene rings is 1. The fourth-order valence-corrected chi connectivity index (χ4v) is 3.28. The second-order valence-electron chi connectivity index (χ2n) is 7.27. The lowest BCUT2D eigenvalue weighted by Gasteiger charge is -2.31. The molecule has 1 aliphatic heterocycles. The number of amides is 1. The summed E-state index contributed by atoms with van der Waals surface area (Å²) in [6.45, 7) is 6.29. The fraction of sp³-hybridized carbons (Fsp3) is 0.550. The van der Waals surface area contributed by atoms with Crippen molar-refractivity contribution in [2.75, 3.05) is 20.1 Å². The quantitative estimate of drug-likeness (QED) is 0.815. The Morgan fingerprint density at radius 1 is 1.26 bits per heavy atom. The monoisotopic (exact) mass is 392 g/mol. The summed E-state index contributed by atoms with van der Waals surface area (Å²) in [5.41, 5.74) is 2.21. The van der Waals surface area contributed by atoms with Gasteiger partial charge in [-0.3, -0.25) is 4.79 Å². The summed E-state index contributed by atoms with van der Waals surface area (Å²) >= 11 is 0. The van der Waals surface area contributed by atoms with E-state index in [0.717, 1.165) is 31.5 Å². The smallest absolute Gasteiger partial charge is 0.227 e. The summed E-state index contributed by atoms with van der Waals surface area (Å²) < 4.78 is 5.33. The van der Waals surface area contributed by atoms with Crippen LogP contribution in [0.3, 0.4) is 0 Å². The van der Waals surface area contributed by atoms with Crippen LogP contribution in [0.5, 0.6) is 0 Å². The summed E-state index contributed by atoms with van der Waals surface area (Å²) in [6.07, 6.45) is 2.90. The van der Waals surface area contributed by atoms with E-state index in [2.05, 4.69) is 41.4 Å². The molecule has 1 N–H and O–H groups in total. The molecule has 0 aliphatic carbocycles. The molecule has 1 fully saturated rings. The Labute approximate surface area is 167 Å². The highest BCUT2D eigenvalue weighted by atomic mass is 35.5. The number of aromatic nitrogens is 2. The van der Waals surface area contributed by atoms with Crippen molar-refractivity contribution in [3.8, 4) is 11.4 Å². The minimum atomic E-state index is 0. The van der Waals surface area contributed by atoms with E-state index >= 15 is 0 Å². The van der Waals surface area contributed by atoms with Crippen LogP contribution in [0, 0.1) is 0 Å². The van der Waals surface area contributed by atoms with Gasteiger partial charge in [-0.05, 0) is 37.4 Å². The largest absolute Gasteiger partial charge is 0.343 e. The van der Waals surface area contributed by atoms with Gasteiger partial charge in [0.2, 0.25) is 17.6 Å². The van der Waals surface area contributed by atoms with Gasteiger partial charge in [-0.2, -0.15) is 4.98 Å². The van der Waals surface area contributed by atoms with Gasteiger partial charge in [0.1, 0.15) is 0 Å². The Bertz CT molecular complexity index is 724. The molecule has 0 radical (unpaired) electrons. The maximum absolute atomic E-state index is 12.4. The third-order valence-electron chi connectivity index (χ3n) is 5.11. The molecule has 0 bridgehead atoms. The number of nitrogens with zero attached hydrogens (tertiary/aromatic N) is 3. The molecule has 7 heteroatoms. The van der Waals surface area contributed by atoms with Crippen molar-refractivity contribution in [2.24, 2.45) is 0 Å². The molecule has 1 aliphatic rings. The third kappa shape index (κ3) is 5.53. The van der Waals surface area contributed by atoms with Crippen LogP contribution in [0.4, 0.5) is 0 Å². The lowest BCUT2D eigenvalue weighted by atomic mass is 10.0. The first kappa shape index (κ1) is 21.4. The molecule has 148 valence electrons. The SMILES string of the molecule is CC(C)c1ccc(-c2noc(CCC(=O)N(C)C3CCNCC3)n2)cc1.Cl. The van der Waals surface area contributed by atoms with Gasteiger partial charge in [-0.1, -0.05) is 43.3 Å². The van der Waals surface area contributed by atoms with Gasteiger partial charge in [0, 0.05) is 31.5 Å². The lowest BCUT2D eigenvalue weighted by Crippen LogP contribution is -2.44. The molecular formula is C20H29ClN4O2. The number of carbonyl (C=O) groups excluding carboxylic acids is 1. The van der Waals surface area contributed by atoms with E-state index in [1.807, 2.05) is 24.1 Å². The van der Waals surface area contributed by atoms with E-state index in [0.29, 0.717) is 36.5 Å². The first-order chi connectivity index (χ1) is 12.5. The van der Waals surface area contributed by atoms with Gasteiger partial charge in [-0.25, -0.2) is 0 Å². The van der Waals surface area contributed by atoms with Crippen LogP contribution in [0.1, 0.15) is 50.5 Å². The predicted octanol–water partition coefficient (Wildman–Crippen LogP) is 3.42. The molecule has 0 unspecified atom stereocenters. The average Bonchev–Trinajstić information content (AvgIpc) is 3.15. The number of hydrogen-bond acceptors (Lipinski definition) is 5. The van der Waals surface area contributed by atoms with Gasteiger partial charge in [0.05, 0.1) is 0 Å². The Balaban J connectivity index is 0.00000261. The molecule has 2 heterocycles. The Morgan fingerprint density at radius 2 is 1.93 bits per heavy atom. The van der Waals surface area contributed by atoms with Crippen LogP contribution in [-0.2, 0) is 11.2 Å². The minimum Gasteiger partial charge on any atom is -0.343 e. The second-order valence-corrected chi connectivity index (χ2v) is 7.27. The Hall–Kier alpha value is -1.92. The zero-order chi connectivity index (χ0) is 18.5. The maximum atomic E-state index is 12.4. The maximum Gasteiger partial charge on any atom is 0.227 e. The van der Waals surface area contributed by atoms with Crippen LogP contribution in [0.25, 0.3) is 11.4 Å². The molecule has 1 amide bonds.